The fourth-order valence-corrected chi connectivity index (χ4v) is 3.78. The fraction of sp³-hybridized carbons (Fsp3) is 0.909. The molecule has 0 heterocycles. The van der Waals surface area contributed by atoms with E-state index >= 15 is 0 Å². The summed E-state index contributed by atoms with van der Waals surface area (Å²) in [5.74, 6) is 5.33. The molecule has 0 amide bonds. The third-order valence-corrected chi connectivity index (χ3v) is 4.06. The molecule has 4 aliphatic rings. The molecule has 4 fully saturated rings. The Hall–Kier alpha value is -0.130. The first-order valence-corrected chi connectivity index (χ1v) is 5.23. The van der Waals surface area contributed by atoms with Gasteiger partial charge in [0.2, 0.25) is 0 Å². The molecule has 11 heavy (non-hydrogen) atoms. The average molecular weight is 149 g/mol. The van der Waals surface area contributed by atoms with Gasteiger partial charge in [-0.2, -0.15) is 0 Å². The van der Waals surface area contributed by atoms with Crippen LogP contribution in [0.3, 0.4) is 0 Å². The van der Waals surface area contributed by atoms with Crippen molar-refractivity contribution in [2.75, 3.05) is 0 Å². The first kappa shape index (κ1) is 6.39. The zero-order valence-corrected chi connectivity index (χ0v) is 7.18. The second-order valence-corrected chi connectivity index (χ2v) is 5.00. The van der Waals surface area contributed by atoms with Gasteiger partial charge in [0.15, 0.2) is 0 Å². The summed E-state index contributed by atoms with van der Waals surface area (Å²) in [5.41, 5.74) is 0. The van der Waals surface area contributed by atoms with Gasteiger partial charge in [-0.15, -0.1) is 0 Å². The number of hydrogen-bond acceptors (Lipinski definition) is 0. The van der Waals surface area contributed by atoms with Gasteiger partial charge in [0.1, 0.15) is 0 Å². The molecular formula is C11H17+. The van der Waals surface area contributed by atoms with E-state index in [9.17, 15) is 0 Å². The van der Waals surface area contributed by atoms with Crippen LogP contribution < -0.4 is 0 Å². The molecule has 0 N–H and O–H groups in total. The van der Waals surface area contributed by atoms with Gasteiger partial charge in [-0.25, -0.2) is 0 Å². The molecule has 0 spiro atoms. The highest BCUT2D eigenvalue weighted by Crippen LogP contribution is 2.51. The highest BCUT2D eigenvalue weighted by Gasteiger charge is 2.45. The zero-order valence-electron chi connectivity index (χ0n) is 7.18. The monoisotopic (exact) mass is 149 g/mol. The minimum absolute atomic E-state index is 1.13. The average Bonchev–Trinajstić information content (AvgIpc) is 2.18. The molecule has 4 rings (SSSR count). The van der Waals surface area contributed by atoms with Crippen LogP contribution in [0.2, 0.25) is 0 Å². The van der Waals surface area contributed by atoms with Crippen LogP contribution in [0.5, 0.6) is 0 Å². The van der Waals surface area contributed by atoms with Gasteiger partial charge < -0.3 is 0 Å². The summed E-state index contributed by atoms with van der Waals surface area (Å²) in [6.45, 7) is 0. The second kappa shape index (κ2) is 2.18. The first-order chi connectivity index (χ1) is 5.40. The number of fused-ring (bicyclic) bond motifs is 1. The van der Waals surface area contributed by atoms with Crippen molar-refractivity contribution in [3.05, 3.63) is 5.92 Å². The molecule has 4 bridgehead atoms. The lowest BCUT2D eigenvalue weighted by molar-refractivity contribution is 0.174. The van der Waals surface area contributed by atoms with Crippen molar-refractivity contribution in [1.82, 2.24) is 0 Å². The normalized spacial score (nSPS) is 48.0. The maximum Gasteiger partial charge on any atom is 0.0928 e. The predicted octanol–water partition coefficient (Wildman–Crippen LogP) is 3.18. The van der Waals surface area contributed by atoms with Gasteiger partial charge in [-0.3, -0.25) is 0 Å². The summed E-state index contributed by atoms with van der Waals surface area (Å²) >= 11 is 0. The van der Waals surface area contributed by atoms with E-state index in [1.165, 1.54) is 19.3 Å². The van der Waals surface area contributed by atoms with E-state index in [2.05, 4.69) is 0 Å². The highest BCUT2D eigenvalue weighted by atomic mass is 14.4. The summed E-state index contributed by atoms with van der Waals surface area (Å²) < 4.78 is 0. The van der Waals surface area contributed by atoms with Crippen LogP contribution in [0.1, 0.15) is 44.9 Å². The Morgan fingerprint density at radius 3 is 2.18 bits per heavy atom. The van der Waals surface area contributed by atoms with Crippen LogP contribution in [-0.4, -0.2) is 0 Å². The van der Waals surface area contributed by atoms with Crippen molar-refractivity contribution < 1.29 is 0 Å². The quantitative estimate of drug-likeness (QED) is 0.464. The van der Waals surface area contributed by atoms with Gasteiger partial charge >= 0.3 is 0 Å². The molecule has 0 aromatic heterocycles. The Labute approximate surface area is 69.4 Å². The van der Waals surface area contributed by atoms with Gasteiger partial charge in [-0.1, -0.05) is 0 Å². The SMILES string of the molecule is C1CC2C[C@H]3C[C+]1C[C@@H](C2)C3. The van der Waals surface area contributed by atoms with Crippen LogP contribution in [0.15, 0.2) is 0 Å². The van der Waals surface area contributed by atoms with Crippen LogP contribution >= 0.6 is 0 Å². The van der Waals surface area contributed by atoms with Crippen molar-refractivity contribution in [3.63, 3.8) is 0 Å². The van der Waals surface area contributed by atoms with Crippen LogP contribution in [0, 0.1) is 23.7 Å². The van der Waals surface area contributed by atoms with E-state index in [0.717, 1.165) is 17.8 Å². The van der Waals surface area contributed by atoms with Crippen molar-refractivity contribution in [2.24, 2.45) is 17.8 Å². The minimum atomic E-state index is 1.13. The Morgan fingerprint density at radius 1 is 0.818 bits per heavy atom. The molecule has 0 nitrogen and oxygen atoms in total. The van der Waals surface area contributed by atoms with Crippen molar-refractivity contribution >= 4 is 0 Å². The highest BCUT2D eigenvalue weighted by molar-refractivity contribution is 5.04. The standard InChI is InChI=1S/C11H17/c1-2-9-5-10-3-8(1)4-11(6-9)7-10/h8,10-11H,1-7H2/q+1/t8?,10-,11+. The smallest absolute Gasteiger partial charge is 0.0433 e. The molecule has 0 heteroatoms. The van der Waals surface area contributed by atoms with E-state index in [1.807, 2.05) is 5.92 Å². The predicted molar refractivity (Wildman–Crippen MR) is 46.0 cm³/mol. The maximum absolute atomic E-state index is 1.94. The van der Waals surface area contributed by atoms with E-state index < -0.39 is 0 Å². The summed E-state index contributed by atoms with van der Waals surface area (Å²) in [5, 5.41) is 0. The third kappa shape index (κ3) is 0.988. The molecular weight excluding hydrogens is 132 g/mol. The molecule has 0 saturated heterocycles. The van der Waals surface area contributed by atoms with Crippen molar-refractivity contribution in [2.45, 2.75) is 44.9 Å². The fourth-order valence-electron chi connectivity index (χ4n) is 3.78. The summed E-state index contributed by atoms with van der Waals surface area (Å²) in [7, 11) is 0. The maximum atomic E-state index is 1.94. The number of hydrogen-bond donors (Lipinski definition) is 0. The zero-order chi connectivity index (χ0) is 7.26. The van der Waals surface area contributed by atoms with Crippen LogP contribution in [0.25, 0.3) is 0 Å². The summed E-state index contributed by atoms with van der Waals surface area (Å²) in [4.78, 5) is 0. The van der Waals surface area contributed by atoms with Gasteiger partial charge in [0.05, 0.1) is 25.2 Å². The molecule has 0 radical (unpaired) electrons. The first-order valence-electron chi connectivity index (χ1n) is 5.23. The second-order valence-electron chi connectivity index (χ2n) is 5.00. The summed E-state index contributed by atoms with van der Waals surface area (Å²) in [6.07, 6.45) is 10.8. The molecule has 3 atom stereocenters. The van der Waals surface area contributed by atoms with E-state index in [0.29, 0.717) is 0 Å². The minimum Gasteiger partial charge on any atom is -0.0433 e. The lowest BCUT2D eigenvalue weighted by Crippen LogP contribution is -2.26. The molecule has 0 aromatic rings. The van der Waals surface area contributed by atoms with Crippen molar-refractivity contribution in [1.29, 1.82) is 0 Å². The molecule has 1 unspecified atom stereocenters. The lowest BCUT2D eigenvalue weighted by atomic mass is 9.68. The molecule has 0 aromatic carbocycles. The van der Waals surface area contributed by atoms with E-state index in [1.54, 1.807) is 25.7 Å². The third-order valence-electron chi connectivity index (χ3n) is 4.06. The Kier molecular flexibility index (Phi) is 1.27. The van der Waals surface area contributed by atoms with Crippen LogP contribution in [0.4, 0.5) is 0 Å². The summed E-state index contributed by atoms with van der Waals surface area (Å²) in [6, 6.07) is 0. The largest absolute Gasteiger partial charge is 0.0928 e. The Bertz CT molecular complexity index is 127. The van der Waals surface area contributed by atoms with Gasteiger partial charge in [0, 0.05) is 11.8 Å². The topological polar surface area (TPSA) is 0 Å². The van der Waals surface area contributed by atoms with Crippen molar-refractivity contribution in [3.8, 4) is 0 Å². The molecule has 60 valence electrons. The van der Waals surface area contributed by atoms with E-state index in [-0.39, 0.29) is 0 Å². The molecule has 0 aliphatic heterocycles. The Morgan fingerprint density at radius 2 is 1.45 bits per heavy atom. The molecule has 4 aliphatic carbocycles. The van der Waals surface area contributed by atoms with Gasteiger partial charge in [0.25, 0.3) is 0 Å². The lowest BCUT2D eigenvalue weighted by Gasteiger charge is -2.33. The molecule has 4 saturated carbocycles. The van der Waals surface area contributed by atoms with E-state index in [4.69, 9.17) is 0 Å². The number of rotatable bonds is 0. The van der Waals surface area contributed by atoms with Crippen LogP contribution in [-0.2, 0) is 0 Å². The Balaban J connectivity index is 1.90. The van der Waals surface area contributed by atoms with Gasteiger partial charge in [-0.05, 0) is 31.6 Å².